The Morgan fingerprint density at radius 1 is 1.28 bits per heavy atom. The summed E-state index contributed by atoms with van der Waals surface area (Å²) in [5, 5.41) is 4.19. The average molecular weight is 242 g/mol. The molecule has 3 heteroatoms. The van der Waals surface area contributed by atoms with Gasteiger partial charge in [0.1, 0.15) is 0 Å². The van der Waals surface area contributed by atoms with Gasteiger partial charge in [-0.2, -0.15) is 5.10 Å². The number of rotatable bonds is 4. The van der Waals surface area contributed by atoms with E-state index in [2.05, 4.69) is 43.2 Å². The molecular weight excluding hydrogens is 224 g/mol. The molecule has 0 amide bonds. The van der Waals surface area contributed by atoms with Gasteiger partial charge in [0, 0.05) is 6.20 Å². The molecule has 0 radical (unpaired) electrons. The van der Waals surface area contributed by atoms with Gasteiger partial charge in [0.25, 0.3) is 0 Å². The van der Waals surface area contributed by atoms with Gasteiger partial charge < -0.3 is 0 Å². The van der Waals surface area contributed by atoms with Crippen LogP contribution in [0.2, 0.25) is 0 Å². The van der Waals surface area contributed by atoms with Gasteiger partial charge >= 0.3 is 0 Å². The van der Waals surface area contributed by atoms with Gasteiger partial charge in [0.05, 0.1) is 18.3 Å². The number of hydrogen-bond donors (Lipinski definition) is 0. The minimum atomic E-state index is 0.0522. The van der Waals surface area contributed by atoms with Crippen LogP contribution in [0, 0.1) is 0 Å². The second-order valence-electron chi connectivity index (χ2n) is 4.88. The van der Waals surface area contributed by atoms with Crippen LogP contribution in [0.3, 0.4) is 0 Å². The van der Waals surface area contributed by atoms with Crippen molar-refractivity contribution in [3.63, 3.8) is 0 Å². The van der Waals surface area contributed by atoms with E-state index in [0.717, 1.165) is 0 Å². The number of hydrogen-bond acceptors (Lipinski definition) is 2. The Kier molecular flexibility index (Phi) is 3.60. The maximum atomic E-state index is 11.2. The number of aromatic nitrogens is 2. The molecule has 0 aliphatic heterocycles. The third kappa shape index (κ3) is 2.86. The number of benzene rings is 1. The molecule has 0 saturated carbocycles. The topological polar surface area (TPSA) is 34.9 Å². The lowest BCUT2D eigenvalue weighted by Gasteiger charge is -2.07. The molecule has 3 nitrogen and oxygen atoms in total. The fraction of sp³-hybridized carbons (Fsp3) is 0.333. The first-order valence-electron chi connectivity index (χ1n) is 6.18. The van der Waals surface area contributed by atoms with Crippen molar-refractivity contribution in [1.82, 2.24) is 9.78 Å². The zero-order chi connectivity index (χ0) is 13.1. The van der Waals surface area contributed by atoms with E-state index in [-0.39, 0.29) is 5.78 Å². The normalized spacial score (nSPS) is 10.9. The van der Waals surface area contributed by atoms with Crippen molar-refractivity contribution in [3.8, 4) is 0 Å². The highest BCUT2D eigenvalue weighted by atomic mass is 16.1. The van der Waals surface area contributed by atoms with Gasteiger partial charge in [0.15, 0.2) is 5.78 Å². The van der Waals surface area contributed by atoms with Crippen LogP contribution in [0.5, 0.6) is 0 Å². The van der Waals surface area contributed by atoms with E-state index in [1.54, 1.807) is 24.0 Å². The van der Waals surface area contributed by atoms with Gasteiger partial charge in [-0.25, -0.2) is 0 Å². The smallest absolute Gasteiger partial charge is 0.162 e. The highest BCUT2D eigenvalue weighted by Gasteiger charge is 2.04. The number of carbonyl (C=O) groups is 1. The summed E-state index contributed by atoms with van der Waals surface area (Å²) in [6.45, 7) is 6.62. The van der Waals surface area contributed by atoms with Crippen LogP contribution < -0.4 is 0 Å². The van der Waals surface area contributed by atoms with Gasteiger partial charge in [-0.15, -0.1) is 0 Å². The number of ketones is 1. The van der Waals surface area contributed by atoms with E-state index in [1.165, 1.54) is 11.1 Å². The predicted molar refractivity (Wildman–Crippen MR) is 71.9 cm³/mol. The minimum absolute atomic E-state index is 0.0522. The Labute approximate surface area is 107 Å². The van der Waals surface area contributed by atoms with Crippen LogP contribution in [0.1, 0.15) is 48.2 Å². The maximum Gasteiger partial charge on any atom is 0.162 e. The highest BCUT2D eigenvalue weighted by Crippen LogP contribution is 2.15. The monoisotopic (exact) mass is 242 g/mol. The summed E-state index contributed by atoms with van der Waals surface area (Å²) >= 11 is 0. The van der Waals surface area contributed by atoms with Crippen molar-refractivity contribution in [1.29, 1.82) is 0 Å². The molecule has 0 fully saturated rings. The lowest BCUT2D eigenvalue weighted by atomic mass is 10.0. The van der Waals surface area contributed by atoms with Crippen molar-refractivity contribution >= 4 is 5.78 Å². The van der Waals surface area contributed by atoms with E-state index < -0.39 is 0 Å². The summed E-state index contributed by atoms with van der Waals surface area (Å²) in [5.74, 6) is 0.601. The second-order valence-corrected chi connectivity index (χ2v) is 4.88. The molecule has 0 spiro atoms. The molecule has 2 aromatic rings. The molecule has 94 valence electrons. The molecule has 1 aromatic heterocycles. The molecule has 1 heterocycles. The molecule has 2 rings (SSSR count). The summed E-state index contributed by atoms with van der Waals surface area (Å²) in [5.41, 5.74) is 3.19. The van der Waals surface area contributed by atoms with E-state index in [0.29, 0.717) is 18.0 Å². The van der Waals surface area contributed by atoms with Crippen molar-refractivity contribution in [2.24, 2.45) is 0 Å². The fourth-order valence-electron chi connectivity index (χ4n) is 1.83. The molecule has 0 aliphatic rings. The van der Waals surface area contributed by atoms with E-state index in [4.69, 9.17) is 0 Å². The van der Waals surface area contributed by atoms with E-state index >= 15 is 0 Å². The first kappa shape index (κ1) is 12.6. The predicted octanol–water partition coefficient (Wildman–Crippen LogP) is 3.26. The second kappa shape index (κ2) is 5.17. The number of Topliss-reactive ketones (excluding diaryl/α,β-unsaturated/α-hetero) is 1. The summed E-state index contributed by atoms with van der Waals surface area (Å²) < 4.78 is 1.79. The third-order valence-electron chi connectivity index (χ3n) is 3.03. The molecule has 0 aliphatic carbocycles. The average Bonchev–Trinajstić information content (AvgIpc) is 2.78. The van der Waals surface area contributed by atoms with Crippen LogP contribution in [0.25, 0.3) is 0 Å². The highest BCUT2D eigenvalue weighted by molar-refractivity contribution is 5.93. The van der Waals surface area contributed by atoms with Crippen molar-refractivity contribution < 1.29 is 4.79 Å². The van der Waals surface area contributed by atoms with E-state index in [9.17, 15) is 4.79 Å². The molecule has 0 N–H and O–H groups in total. The van der Waals surface area contributed by atoms with Gasteiger partial charge in [-0.05, 0) is 24.0 Å². The Hall–Kier alpha value is -1.90. The molecule has 0 atom stereocenters. The largest absolute Gasteiger partial charge is 0.294 e. The molecular formula is C15H18N2O. The minimum Gasteiger partial charge on any atom is -0.294 e. The number of carbonyl (C=O) groups excluding carboxylic acids is 1. The Morgan fingerprint density at radius 2 is 1.94 bits per heavy atom. The first-order chi connectivity index (χ1) is 8.56. The van der Waals surface area contributed by atoms with Crippen LogP contribution in [-0.4, -0.2) is 15.6 Å². The van der Waals surface area contributed by atoms with Crippen LogP contribution in [-0.2, 0) is 6.54 Å². The molecule has 0 bridgehead atoms. The molecule has 0 saturated heterocycles. The summed E-state index contributed by atoms with van der Waals surface area (Å²) in [6.07, 6.45) is 3.41. The van der Waals surface area contributed by atoms with Gasteiger partial charge in [0.2, 0.25) is 0 Å². The van der Waals surface area contributed by atoms with Gasteiger partial charge in [-0.3, -0.25) is 9.48 Å². The summed E-state index contributed by atoms with van der Waals surface area (Å²) in [4.78, 5) is 11.2. The lowest BCUT2D eigenvalue weighted by Crippen LogP contribution is -2.00. The van der Waals surface area contributed by atoms with Crippen LogP contribution in [0.4, 0.5) is 0 Å². The van der Waals surface area contributed by atoms with Crippen LogP contribution in [0.15, 0.2) is 36.7 Å². The lowest BCUT2D eigenvalue weighted by molar-refractivity contribution is 0.101. The third-order valence-corrected chi connectivity index (χ3v) is 3.03. The number of nitrogens with zero attached hydrogens (tertiary/aromatic N) is 2. The van der Waals surface area contributed by atoms with Crippen molar-refractivity contribution in [2.45, 2.75) is 33.2 Å². The first-order valence-corrected chi connectivity index (χ1v) is 6.18. The molecule has 0 unspecified atom stereocenters. The standard InChI is InChI=1S/C15H18N2O/c1-11(2)14-6-4-13(5-7-14)9-17-10-15(8-16-17)12(3)18/h4-8,10-11H,9H2,1-3H3. The summed E-state index contributed by atoms with van der Waals surface area (Å²) in [6, 6.07) is 8.53. The van der Waals surface area contributed by atoms with Gasteiger partial charge in [-0.1, -0.05) is 38.1 Å². The molecule has 18 heavy (non-hydrogen) atoms. The van der Waals surface area contributed by atoms with E-state index in [1.807, 2.05) is 0 Å². The van der Waals surface area contributed by atoms with Crippen molar-refractivity contribution in [3.05, 3.63) is 53.3 Å². The van der Waals surface area contributed by atoms with Crippen molar-refractivity contribution in [2.75, 3.05) is 0 Å². The Balaban J connectivity index is 2.10. The van der Waals surface area contributed by atoms with Crippen LogP contribution >= 0.6 is 0 Å². The fourth-order valence-corrected chi connectivity index (χ4v) is 1.83. The Morgan fingerprint density at radius 3 is 2.44 bits per heavy atom. The Bertz CT molecular complexity index is 538. The SMILES string of the molecule is CC(=O)c1cnn(Cc2ccc(C(C)C)cc2)c1. The molecule has 1 aromatic carbocycles. The zero-order valence-corrected chi connectivity index (χ0v) is 11.1. The zero-order valence-electron chi connectivity index (χ0n) is 11.1. The summed E-state index contributed by atoms with van der Waals surface area (Å²) in [7, 11) is 0. The quantitative estimate of drug-likeness (QED) is 0.771. The maximum absolute atomic E-state index is 11.2.